The van der Waals surface area contributed by atoms with Gasteiger partial charge in [0.25, 0.3) is 0 Å². The summed E-state index contributed by atoms with van der Waals surface area (Å²) in [5, 5.41) is 2.97. The first-order valence-corrected chi connectivity index (χ1v) is 50.9. The molecule has 4 bridgehead atoms. The molecule has 0 amide bonds. The van der Waals surface area contributed by atoms with Crippen LogP contribution >= 0.6 is 0 Å². The van der Waals surface area contributed by atoms with Gasteiger partial charge >= 0.3 is 49.7 Å². The number of hydrogen-bond acceptors (Lipinski definition) is 19. The summed E-state index contributed by atoms with van der Waals surface area (Å²) in [5.74, 6) is -5.07. The molecule has 7 atom stereocenters. The first-order chi connectivity index (χ1) is 60.3. The summed E-state index contributed by atoms with van der Waals surface area (Å²) < 4.78 is 216. The Balaban J connectivity index is 0.000000214. The van der Waals surface area contributed by atoms with E-state index in [4.69, 9.17) is 14.2 Å². The molecule has 13 rings (SSSR count). The lowest BCUT2D eigenvalue weighted by Gasteiger charge is -2.62. The van der Waals surface area contributed by atoms with E-state index in [1.165, 1.54) is 107 Å². The molecule has 1 aliphatic heterocycles. The lowest BCUT2D eigenvalue weighted by Crippen LogP contribution is -2.67. The Morgan fingerprint density at radius 1 is 0.500 bits per heavy atom. The second-order valence-corrected chi connectivity index (χ2v) is 46.0. The van der Waals surface area contributed by atoms with Crippen LogP contribution in [0.15, 0.2) is 203 Å². The molecule has 2 N–H and O–H groups in total. The molecule has 1 heterocycles. The zero-order valence-corrected chi connectivity index (χ0v) is 80.9. The van der Waals surface area contributed by atoms with Crippen molar-refractivity contribution in [1.82, 2.24) is 0 Å². The molecule has 1 saturated heterocycles. The second-order valence-electron chi connectivity index (χ2n) is 36.7. The Morgan fingerprint density at radius 2 is 0.892 bits per heavy atom. The van der Waals surface area contributed by atoms with Crippen LogP contribution in [-0.2, 0) is 75.9 Å². The minimum atomic E-state index is -7.33. The maximum atomic E-state index is 13.6. The number of ketones is 1. The zero-order chi connectivity index (χ0) is 97.2. The summed E-state index contributed by atoms with van der Waals surface area (Å²) in [4.78, 5) is 53.3. The summed E-state index contributed by atoms with van der Waals surface area (Å²) in [5.41, 5.74) is 2.66. The Morgan fingerprint density at radius 3 is 1.25 bits per heavy atom. The minimum Gasteiger partial charge on any atom is -0.743 e. The number of ether oxygens (including phenoxy) is 4. The molecular formula is C98H126F8O19S5. The fourth-order valence-corrected chi connectivity index (χ4v) is 23.0. The number of Topliss-reactive ketones (excluding diaryl/α,β-unsaturated/α-hetero) is 1. The van der Waals surface area contributed by atoms with Crippen molar-refractivity contribution in [3.05, 3.63) is 227 Å². The molecular weight excluding hydrogens is 1790 g/mol. The van der Waals surface area contributed by atoms with Crippen LogP contribution in [-0.4, -0.2) is 143 Å². The fourth-order valence-electron chi connectivity index (χ4n) is 16.3. The average molecular weight is 1920 g/mol. The van der Waals surface area contributed by atoms with E-state index in [1.54, 1.807) is 26.2 Å². The number of hydrogen-bond donors (Lipinski definition) is 2. The van der Waals surface area contributed by atoms with Crippen molar-refractivity contribution in [2.75, 3.05) is 18.6 Å². The van der Waals surface area contributed by atoms with Gasteiger partial charge in [-0.05, 0) is 230 Å². The quantitative estimate of drug-likeness (QED) is 0.00643. The third kappa shape index (κ3) is 27.7. The number of rotatable bonds is 29. The molecule has 0 aromatic heterocycles. The van der Waals surface area contributed by atoms with Gasteiger partial charge in [0.2, 0.25) is 12.1 Å². The molecule has 7 unspecified atom stereocenters. The van der Waals surface area contributed by atoms with Gasteiger partial charge in [0.05, 0.1) is 38.6 Å². The highest BCUT2D eigenvalue weighted by Crippen LogP contribution is 2.61. The summed E-state index contributed by atoms with van der Waals surface area (Å²) in [6.45, 7) is 28.6. The molecule has 0 radical (unpaired) electrons. The number of esters is 3. The van der Waals surface area contributed by atoms with Gasteiger partial charge in [-0.1, -0.05) is 204 Å². The molecule has 32 heteroatoms. The van der Waals surface area contributed by atoms with E-state index >= 15 is 0 Å². The van der Waals surface area contributed by atoms with E-state index in [0.29, 0.717) is 55.4 Å². The van der Waals surface area contributed by atoms with E-state index in [9.17, 15) is 98.9 Å². The highest BCUT2D eigenvalue weighted by Gasteiger charge is 2.81. The third-order valence-corrected chi connectivity index (χ3v) is 33.3. The number of alkyl halides is 8. The van der Waals surface area contributed by atoms with Crippen molar-refractivity contribution in [2.45, 2.75) is 307 Å². The van der Waals surface area contributed by atoms with Crippen molar-refractivity contribution in [3.63, 3.8) is 0 Å². The molecule has 718 valence electrons. The van der Waals surface area contributed by atoms with Crippen molar-refractivity contribution >= 4 is 75.8 Å². The minimum absolute atomic E-state index is 0.00185. The number of halogens is 8. The van der Waals surface area contributed by atoms with Crippen LogP contribution in [0, 0.1) is 16.7 Å². The highest BCUT2D eigenvalue weighted by atomic mass is 32.2. The molecule has 19 nitrogen and oxygen atoms in total. The van der Waals surface area contributed by atoms with Gasteiger partial charge in [-0.3, -0.25) is 9.59 Å². The molecule has 0 spiro atoms. The summed E-state index contributed by atoms with van der Waals surface area (Å²) >= 11 is 0. The smallest absolute Gasteiger partial charge is 0.450 e. The van der Waals surface area contributed by atoms with Gasteiger partial charge in [-0.15, -0.1) is 0 Å². The van der Waals surface area contributed by atoms with Crippen LogP contribution in [0.1, 0.15) is 290 Å². The Labute approximate surface area is 768 Å². The van der Waals surface area contributed by atoms with Gasteiger partial charge in [0.1, 0.15) is 22.9 Å². The maximum absolute atomic E-state index is 13.6. The molecule has 5 saturated carbocycles. The van der Waals surface area contributed by atoms with Crippen LogP contribution in [0.2, 0.25) is 0 Å². The third-order valence-electron chi connectivity index (χ3n) is 24.7. The molecule has 7 aromatic rings. The monoisotopic (exact) mass is 1920 g/mol. The van der Waals surface area contributed by atoms with E-state index in [0.717, 1.165) is 67.7 Å². The normalized spacial score (nSPS) is 20.3. The van der Waals surface area contributed by atoms with Crippen molar-refractivity contribution in [1.29, 1.82) is 0 Å². The Hall–Kier alpha value is -7.79. The van der Waals surface area contributed by atoms with Crippen LogP contribution in [0.5, 0.6) is 5.75 Å². The SMILES string of the molecule is CC(C)(C(=O)c1ccc(C2CCCCC2)cc1)[S+]1CCCC1.CCC(C)(C)C(=O)OC12CC3CC(O)(CC(O)(C3)C1)C2.CCC(C)c1ccc(C(=O)OC(C)C(F)(F)S(=O)(=O)[O-])cc1.CCC(C)c1ccc(C(=O)OC(OC)C(C)(C)C)cc1.CCC(C)c1ccc(OS(=O)(=O)C(F)(F)C(F)(F)C(F)(F)S(=O)(=O)[O-])cc1.c1ccc([S+](c2ccccc2)c2ccccc2)cc1. The van der Waals surface area contributed by atoms with E-state index < -0.39 is 98.4 Å². The van der Waals surface area contributed by atoms with Gasteiger partial charge in [-0.25, -0.2) is 26.4 Å². The molecule has 6 fully saturated rings. The Bertz CT molecular complexity index is 5060. The van der Waals surface area contributed by atoms with E-state index in [2.05, 4.69) is 152 Å². The lowest BCUT2D eigenvalue weighted by atomic mass is 9.50. The molecule has 6 aliphatic rings. The van der Waals surface area contributed by atoms with E-state index in [-0.39, 0.29) is 67.2 Å². The molecule has 7 aromatic carbocycles. The largest absolute Gasteiger partial charge is 0.743 e. The average Bonchev–Trinajstić information content (AvgIpc) is 0.723. The number of aliphatic hydroxyl groups is 2. The van der Waals surface area contributed by atoms with Gasteiger partial charge < -0.3 is 42.4 Å². The summed E-state index contributed by atoms with van der Waals surface area (Å²) in [6.07, 6.45) is 13.5. The predicted octanol–water partition coefficient (Wildman–Crippen LogP) is 22.6. The first-order valence-electron chi connectivity index (χ1n) is 43.9. The summed E-state index contributed by atoms with van der Waals surface area (Å²) in [7, 11) is -18.2. The fraction of sp³-hybridized carbons (Fsp3) is 0.531. The van der Waals surface area contributed by atoms with Gasteiger partial charge in [0, 0.05) is 48.2 Å². The second kappa shape index (κ2) is 45.0. The molecule has 130 heavy (non-hydrogen) atoms. The maximum Gasteiger partial charge on any atom is 0.450 e. The van der Waals surface area contributed by atoms with Crippen molar-refractivity contribution in [2.24, 2.45) is 16.7 Å². The van der Waals surface area contributed by atoms with Gasteiger partial charge in [-0.2, -0.15) is 43.5 Å². The van der Waals surface area contributed by atoms with Crippen molar-refractivity contribution < 1.29 is 122 Å². The van der Waals surface area contributed by atoms with Crippen molar-refractivity contribution in [3.8, 4) is 5.75 Å². The zero-order valence-electron chi connectivity index (χ0n) is 76.8. The topological polar surface area (TPSA) is 303 Å². The first kappa shape index (κ1) is 109. The highest BCUT2D eigenvalue weighted by molar-refractivity contribution is 7.99. The Kier molecular flexibility index (Phi) is 37.8. The van der Waals surface area contributed by atoms with Gasteiger partial charge in [0.15, 0.2) is 45.8 Å². The van der Waals surface area contributed by atoms with Crippen LogP contribution in [0.25, 0.3) is 0 Å². The molecule has 5 aliphatic carbocycles. The predicted molar refractivity (Wildman–Crippen MR) is 487 cm³/mol. The lowest BCUT2D eigenvalue weighted by molar-refractivity contribution is -0.264. The summed E-state index contributed by atoms with van der Waals surface area (Å²) in [6, 6.07) is 58.6. The number of methoxy groups -OCH3 is 1. The number of carbonyl (C=O) groups is 4. The van der Waals surface area contributed by atoms with Crippen LogP contribution in [0.3, 0.4) is 0 Å². The standard InChI is InChI=1S/C20H29OS.C18H15S.C17H26O3.C16H26O4.C14H18F2O5S.C13H14F6O6S2/c1-20(2,22-14-6-7-15-22)19(21)18-12-10-17(11-13-18)16-8-4-3-5-9-16;1-4-10-16(11-5-1)19(17-12-6-2-7-13-17)18-14-8-3-9-15-18;1-7-12(2)13-8-10-14(11-9-13)15(18)20-16(19-6)17(3,4)5;1-4-13(2,3)12(17)20-16-7-11-5-14(18,9-16)8-15(19,6-11)10-16;1-4-9(2)11-5-7-12(8-6-11)13(17)21-10(3)14(15,16)22(18,19)20;1-3-8(2)9-4-6-10(7-5-9)25-27(23,24)13(18,19)11(14,15)12(16,17)26(20,21)22/h10-13,16H,3-9,14-15H2,1-2H3;1-15H;8-12,16H,7H2,1-6H3;11,18-19H,4-10H2,1-3H3;5-10H,4H2,1-3H3,(H,18,19,20);4-8H,3H2,1-2H3,(H,20,21,22)/q2*+1;;;;/p-2. The number of benzene rings is 7. The number of carbonyl (C=O) groups excluding carboxylic acids is 4. The van der Waals surface area contributed by atoms with E-state index in [1.807, 2.05) is 86.6 Å². The van der Waals surface area contributed by atoms with Crippen LogP contribution < -0.4 is 4.18 Å². The van der Waals surface area contributed by atoms with Crippen LogP contribution in [0.4, 0.5) is 35.1 Å².